The lowest BCUT2D eigenvalue weighted by Gasteiger charge is -2.02. The fourth-order valence-electron chi connectivity index (χ4n) is 1.93. The van der Waals surface area contributed by atoms with Gasteiger partial charge in [-0.15, -0.1) is 0 Å². The largest absolute Gasteiger partial charge is 1.00 e. The smallest absolute Gasteiger partial charge is 0.178 e. The van der Waals surface area contributed by atoms with Gasteiger partial charge in [-0.25, -0.2) is 4.57 Å². The van der Waals surface area contributed by atoms with Crippen LogP contribution < -0.4 is 21.5 Å². The van der Waals surface area contributed by atoms with Gasteiger partial charge in [0.15, 0.2) is 18.4 Å². The first kappa shape index (κ1) is 13.9. The number of halogens is 1. The normalized spacial score (nSPS) is 9.76. The van der Waals surface area contributed by atoms with E-state index < -0.39 is 0 Å². The van der Waals surface area contributed by atoms with E-state index in [1.54, 1.807) is 0 Å². The number of rotatable bonds is 3. The van der Waals surface area contributed by atoms with Gasteiger partial charge in [0.05, 0.1) is 0 Å². The summed E-state index contributed by atoms with van der Waals surface area (Å²) in [4.78, 5) is 0. The molecule has 0 unspecified atom stereocenters. The van der Waals surface area contributed by atoms with Crippen LogP contribution in [0.2, 0.25) is 0 Å². The molecule has 0 fully saturated rings. The number of hydrogen-bond acceptors (Lipinski definition) is 0. The van der Waals surface area contributed by atoms with Crippen molar-refractivity contribution in [2.75, 3.05) is 0 Å². The number of aromatic nitrogens is 1. The molecule has 0 amide bonds. The zero-order valence-electron chi connectivity index (χ0n) is 10.4. The van der Waals surface area contributed by atoms with Crippen molar-refractivity contribution < 1.29 is 21.5 Å². The SMILES string of the molecule is Cc1cc[n+](CCc2ccccc2)c(C)c1.[Br-]. The van der Waals surface area contributed by atoms with Crippen LogP contribution in [-0.2, 0) is 13.0 Å². The van der Waals surface area contributed by atoms with E-state index in [9.17, 15) is 0 Å². The zero-order chi connectivity index (χ0) is 11.4. The van der Waals surface area contributed by atoms with E-state index in [0.717, 1.165) is 13.0 Å². The highest BCUT2D eigenvalue weighted by molar-refractivity contribution is 5.14. The van der Waals surface area contributed by atoms with Crippen molar-refractivity contribution in [1.29, 1.82) is 0 Å². The van der Waals surface area contributed by atoms with Crippen LogP contribution in [0.15, 0.2) is 48.7 Å². The zero-order valence-corrected chi connectivity index (χ0v) is 11.9. The van der Waals surface area contributed by atoms with E-state index in [1.807, 2.05) is 0 Å². The van der Waals surface area contributed by atoms with Crippen molar-refractivity contribution in [1.82, 2.24) is 0 Å². The Labute approximate surface area is 114 Å². The molecule has 0 aliphatic carbocycles. The van der Waals surface area contributed by atoms with Crippen LogP contribution in [-0.4, -0.2) is 0 Å². The van der Waals surface area contributed by atoms with Crippen LogP contribution in [0.5, 0.6) is 0 Å². The Kier molecular flexibility index (Phi) is 5.36. The molecule has 2 heteroatoms. The van der Waals surface area contributed by atoms with Crippen molar-refractivity contribution in [3.63, 3.8) is 0 Å². The van der Waals surface area contributed by atoms with E-state index in [1.165, 1.54) is 16.8 Å². The van der Waals surface area contributed by atoms with E-state index in [2.05, 4.69) is 67.1 Å². The first-order chi connectivity index (χ1) is 7.75. The maximum Gasteiger partial charge on any atom is 0.178 e. The van der Waals surface area contributed by atoms with Gasteiger partial charge in [0.1, 0.15) is 0 Å². The van der Waals surface area contributed by atoms with Crippen LogP contribution in [0.25, 0.3) is 0 Å². The summed E-state index contributed by atoms with van der Waals surface area (Å²) in [6, 6.07) is 15.0. The van der Waals surface area contributed by atoms with Gasteiger partial charge in [-0.3, -0.25) is 0 Å². The number of pyridine rings is 1. The van der Waals surface area contributed by atoms with E-state index in [0.29, 0.717) is 0 Å². The summed E-state index contributed by atoms with van der Waals surface area (Å²) in [6.07, 6.45) is 3.27. The predicted octanol–water partition coefficient (Wildman–Crippen LogP) is -0.162. The highest BCUT2D eigenvalue weighted by Crippen LogP contribution is 2.01. The number of aryl methyl sites for hydroxylation is 4. The Morgan fingerprint density at radius 1 is 1.00 bits per heavy atom. The second-order valence-corrected chi connectivity index (χ2v) is 4.27. The number of hydrogen-bond donors (Lipinski definition) is 0. The van der Waals surface area contributed by atoms with Crippen molar-refractivity contribution in [2.24, 2.45) is 0 Å². The molecule has 1 nitrogen and oxygen atoms in total. The second-order valence-electron chi connectivity index (χ2n) is 4.27. The summed E-state index contributed by atoms with van der Waals surface area (Å²) >= 11 is 0. The number of nitrogens with zero attached hydrogens (tertiary/aromatic N) is 1. The van der Waals surface area contributed by atoms with Crippen LogP contribution in [0.3, 0.4) is 0 Å². The topological polar surface area (TPSA) is 3.88 Å². The average molecular weight is 292 g/mol. The molecule has 90 valence electrons. The minimum atomic E-state index is 0. The van der Waals surface area contributed by atoms with Crippen molar-refractivity contribution in [3.8, 4) is 0 Å². The molecule has 0 N–H and O–H groups in total. The van der Waals surface area contributed by atoms with Crippen molar-refractivity contribution in [2.45, 2.75) is 26.8 Å². The van der Waals surface area contributed by atoms with Crippen molar-refractivity contribution >= 4 is 0 Å². The monoisotopic (exact) mass is 291 g/mol. The maximum atomic E-state index is 2.31. The van der Waals surface area contributed by atoms with Gasteiger partial charge < -0.3 is 17.0 Å². The molecule has 1 aromatic heterocycles. The lowest BCUT2D eigenvalue weighted by Crippen LogP contribution is -3.00. The highest BCUT2D eigenvalue weighted by Gasteiger charge is 2.05. The minimum Gasteiger partial charge on any atom is -1.00 e. The van der Waals surface area contributed by atoms with Crippen LogP contribution in [0.1, 0.15) is 16.8 Å². The molecular formula is C15H18BrN. The lowest BCUT2D eigenvalue weighted by atomic mass is 10.1. The van der Waals surface area contributed by atoms with Crippen LogP contribution in [0.4, 0.5) is 0 Å². The summed E-state index contributed by atoms with van der Waals surface area (Å²) in [5, 5.41) is 0. The molecule has 0 radical (unpaired) electrons. The van der Waals surface area contributed by atoms with Crippen molar-refractivity contribution in [3.05, 3.63) is 65.5 Å². The van der Waals surface area contributed by atoms with E-state index >= 15 is 0 Å². The first-order valence-electron chi connectivity index (χ1n) is 5.76. The molecule has 17 heavy (non-hydrogen) atoms. The molecular weight excluding hydrogens is 274 g/mol. The van der Waals surface area contributed by atoms with E-state index in [4.69, 9.17) is 0 Å². The van der Waals surface area contributed by atoms with Crippen LogP contribution in [0, 0.1) is 13.8 Å². The summed E-state index contributed by atoms with van der Waals surface area (Å²) < 4.78 is 2.31. The molecule has 0 bridgehead atoms. The Bertz CT molecular complexity index is 466. The summed E-state index contributed by atoms with van der Waals surface area (Å²) in [7, 11) is 0. The number of benzene rings is 1. The molecule has 0 saturated carbocycles. The Balaban J connectivity index is 0.00000144. The maximum absolute atomic E-state index is 2.31. The Morgan fingerprint density at radius 2 is 1.71 bits per heavy atom. The third kappa shape index (κ3) is 3.97. The van der Waals surface area contributed by atoms with Gasteiger partial charge in [-0.05, 0) is 18.1 Å². The summed E-state index contributed by atoms with van der Waals surface area (Å²) in [5.74, 6) is 0. The van der Waals surface area contributed by atoms with E-state index in [-0.39, 0.29) is 17.0 Å². The molecule has 0 aliphatic rings. The Hall–Kier alpha value is -1.15. The summed E-state index contributed by atoms with van der Waals surface area (Å²) in [5.41, 5.74) is 4.05. The molecule has 0 aliphatic heterocycles. The third-order valence-electron chi connectivity index (χ3n) is 2.89. The van der Waals surface area contributed by atoms with Gasteiger partial charge in [-0.1, -0.05) is 30.3 Å². The second kappa shape index (κ2) is 6.55. The standard InChI is InChI=1S/C15H18N.BrH/c1-13-8-10-16(14(2)12-13)11-9-15-6-4-3-5-7-15;/h3-8,10,12H,9,11H2,1-2H3;1H/q+1;/p-1. The molecule has 0 spiro atoms. The Morgan fingerprint density at radius 3 is 2.35 bits per heavy atom. The fourth-order valence-corrected chi connectivity index (χ4v) is 1.93. The quantitative estimate of drug-likeness (QED) is 0.692. The van der Waals surface area contributed by atoms with Gasteiger partial charge >= 0.3 is 0 Å². The molecule has 2 aromatic rings. The van der Waals surface area contributed by atoms with Gasteiger partial charge in [0, 0.05) is 25.5 Å². The van der Waals surface area contributed by atoms with Gasteiger partial charge in [-0.2, -0.15) is 0 Å². The van der Waals surface area contributed by atoms with Gasteiger partial charge in [0.2, 0.25) is 0 Å². The summed E-state index contributed by atoms with van der Waals surface area (Å²) in [6.45, 7) is 5.35. The lowest BCUT2D eigenvalue weighted by molar-refractivity contribution is -0.702. The predicted molar refractivity (Wildman–Crippen MR) is 66.3 cm³/mol. The van der Waals surface area contributed by atoms with Crippen LogP contribution >= 0.6 is 0 Å². The molecule has 1 heterocycles. The fraction of sp³-hybridized carbons (Fsp3) is 0.267. The molecule has 1 aromatic carbocycles. The molecule has 2 rings (SSSR count). The third-order valence-corrected chi connectivity index (χ3v) is 2.89. The molecule has 0 atom stereocenters. The van der Waals surface area contributed by atoms with Gasteiger partial charge in [0.25, 0.3) is 0 Å². The molecule has 0 saturated heterocycles. The minimum absolute atomic E-state index is 0. The first-order valence-corrected chi connectivity index (χ1v) is 5.76. The highest BCUT2D eigenvalue weighted by atomic mass is 79.9. The average Bonchev–Trinajstić information content (AvgIpc) is 2.29.